The van der Waals surface area contributed by atoms with Crippen LogP contribution >= 0.6 is 11.6 Å². The molecule has 2 nitrogen and oxygen atoms in total. The molecule has 3 heteroatoms. The molecule has 0 aliphatic rings. The smallest absolute Gasteiger partial charge is 0.293 e. The summed E-state index contributed by atoms with van der Waals surface area (Å²) in [6, 6.07) is 12.0. The van der Waals surface area contributed by atoms with Crippen LogP contribution in [0.2, 0.25) is 5.35 Å². The molecule has 3 rings (SSSR count). The normalized spacial score (nSPS) is 11.2. The molecular formula is C11H6ClNO. The highest BCUT2D eigenvalue weighted by atomic mass is 35.5. The van der Waals surface area contributed by atoms with Crippen LogP contribution in [0.5, 0.6) is 0 Å². The van der Waals surface area contributed by atoms with E-state index in [0.717, 1.165) is 21.9 Å². The summed E-state index contributed by atoms with van der Waals surface area (Å²) in [5.41, 5.74) is 1.53. The first kappa shape index (κ1) is 7.83. The summed E-state index contributed by atoms with van der Waals surface area (Å²) >= 11 is 5.68. The average molecular weight is 204 g/mol. The van der Waals surface area contributed by atoms with Crippen LogP contribution in [0.15, 0.2) is 40.8 Å². The number of hydrogen-bond donors (Lipinski definition) is 0. The van der Waals surface area contributed by atoms with E-state index < -0.39 is 0 Å². The minimum absolute atomic E-state index is 0.190. The summed E-state index contributed by atoms with van der Waals surface area (Å²) in [7, 11) is 0. The quantitative estimate of drug-likeness (QED) is 0.558. The fraction of sp³-hybridized carbons (Fsp3) is 0. The summed E-state index contributed by atoms with van der Waals surface area (Å²) < 4.78 is 5.23. The van der Waals surface area contributed by atoms with Gasteiger partial charge in [0.15, 0.2) is 5.58 Å². The number of aromatic nitrogens is 1. The highest BCUT2D eigenvalue weighted by molar-refractivity contribution is 6.28. The van der Waals surface area contributed by atoms with E-state index in [0.29, 0.717) is 0 Å². The maximum Gasteiger partial charge on any atom is 0.293 e. The Labute approximate surface area is 85.1 Å². The van der Waals surface area contributed by atoms with Crippen molar-refractivity contribution in [3.63, 3.8) is 0 Å². The van der Waals surface area contributed by atoms with Gasteiger partial charge in [-0.05, 0) is 34.5 Å². The minimum atomic E-state index is 0.190. The number of halogens is 1. The van der Waals surface area contributed by atoms with Crippen LogP contribution in [0.1, 0.15) is 0 Å². The minimum Gasteiger partial charge on any atom is -0.428 e. The fourth-order valence-corrected chi connectivity index (χ4v) is 1.76. The second-order valence-electron chi connectivity index (χ2n) is 3.13. The SMILES string of the molecule is Clc1nc2cc3ccccc3cc2o1. The van der Waals surface area contributed by atoms with Gasteiger partial charge in [-0.3, -0.25) is 0 Å². The van der Waals surface area contributed by atoms with E-state index >= 15 is 0 Å². The number of fused-ring (bicyclic) bond motifs is 2. The Morgan fingerprint density at radius 3 is 2.57 bits per heavy atom. The van der Waals surface area contributed by atoms with Crippen molar-refractivity contribution in [2.24, 2.45) is 0 Å². The van der Waals surface area contributed by atoms with E-state index in [9.17, 15) is 0 Å². The molecule has 0 bridgehead atoms. The largest absolute Gasteiger partial charge is 0.428 e. The Bertz CT molecular complexity index is 562. The van der Waals surface area contributed by atoms with Crippen molar-refractivity contribution < 1.29 is 4.42 Å². The average Bonchev–Trinajstić information content (AvgIpc) is 2.53. The number of nitrogens with zero attached hydrogens (tertiary/aromatic N) is 1. The molecule has 0 amide bonds. The molecule has 0 atom stereocenters. The van der Waals surface area contributed by atoms with Crippen molar-refractivity contribution in [2.45, 2.75) is 0 Å². The molecule has 0 saturated heterocycles. The van der Waals surface area contributed by atoms with Gasteiger partial charge in [0.25, 0.3) is 5.35 Å². The number of benzene rings is 2. The molecule has 0 unspecified atom stereocenters. The van der Waals surface area contributed by atoms with Gasteiger partial charge in [-0.1, -0.05) is 24.3 Å². The van der Waals surface area contributed by atoms with Gasteiger partial charge in [0.05, 0.1) is 0 Å². The van der Waals surface area contributed by atoms with Crippen molar-refractivity contribution in [3.8, 4) is 0 Å². The zero-order valence-electron chi connectivity index (χ0n) is 7.20. The van der Waals surface area contributed by atoms with Crippen LogP contribution in [0.4, 0.5) is 0 Å². The topological polar surface area (TPSA) is 26.0 Å². The van der Waals surface area contributed by atoms with Crippen LogP contribution < -0.4 is 0 Å². The Hall–Kier alpha value is -1.54. The molecule has 0 saturated carbocycles. The lowest BCUT2D eigenvalue weighted by atomic mass is 10.1. The summed E-state index contributed by atoms with van der Waals surface area (Å²) in [6.07, 6.45) is 0. The predicted octanol–water partition coefficient (Wildman–Crippen LogP) is 3.63. The molecule has 0 radical (unpaired) electrons. The highest BCUT2D eigenvalue weighted by Gasteiger charge is 2.04. The Balaban J connectivity index is 2.51. The first-order chi connectivity index (χ1) is 6.83. The lowest BCUT2D eigenvalue weighted by molar-refractivity contribution is 0.605. The predicted molar refractivity (Wildman–Crippen MR) is 56.5 cm³/mol. The van der Waals surface area contributed by atoms with E-state index in [-0.39, 0.29) is 5.35 Å². The summed E-state index contributed by atoms with van der Waals surface area (Å²) in [6.45, 7) is 0. The van der Waals surface area contributed by atoms with Crippen molar-refractivity contribution in [2.75, 3.05) is 0 Å². The molecule has 1 aromatic heterocycles. The van der Waals surface area contributed by atoms with Gasteiger partial charge >= 0.3 is 0 Å². The lowest BCUT2D eigenvalue weighted by Crippen LogP contribution is -1.72. The maximum atomic E-state index is 5.68. The Morgan fingerprint density at radius 1 is 1.07 bits per heavy atom. The van der Waals surface area contributed by atoms with Gasteiger partial charge in [0, 0.05) is 0 Å². The fourth-order valence-electron chi connectivity index (χ4n) is 1.58. The molecule has 3 aromatic rings. The van der Waals surface area contributed by atoms with Crippen LogP contribution in [-0.4, -0.2) is 4.98 Å². The van der Waals surface area contributed by atoms with E-state index in [4.69, 9.17) is 16.0 Å². The first-order valence-corrected chi connectivity index (χ1v) is 4.65. The van der Waals surface area contributed by atoms with Gasteiger partial charge in [0.2, 0.25) is 0 Å². The maximum absolute atomic E-state index is 5.68. The third-order valence-electron chi connectivity index (χ3n) is 2.23. The third kappa shape index (κ3) is 1.08. The molecule has 0 aliphatic carbocycles. The van der Waals surface area contributed by atoms with Crippen LogP contribution in [0, 0.1) is 0 Å². The second kappa shape index (κ2) is 2.72. The van der Waals surface area contributed by atoms with Crippen molar-refractivity contribution >= 4 is 33.5 Å². The molecule has 0 spiro atoms. The molecular weight excluding hydrogens is 198 g/mol. The van der Waals surface area contributed by atoms with Crippen LogP contribution in [0.3, 0.4) is 0 Å². The van der Waals surface area contributed by atoms with E-state index in [1.54, 1.807) is 0 Å². The van der Waals surface area contributed by atoms with Crippen molar-refractivity contribution in [3.05, 3.63) is 41.7 Å². The second-order valence-corrected chi connectivity index (χ2v) is 3.46. The van der Waals surface area contributed by atoms with E-state index in [1.165, 1.54) is 0 Å². The van der Waals surface area contributed by atoms with Gasteiger partial charge in [-0.25, -0.2) is 0 Å². The zero-order chi connectivity index (χ0) is 9.54. The molecule has 68 valence electrons. The van der Waals surface area contributed by atoms with Crippen molar-refractivity contribution in [1.82, 2.24) is 4.98 Å². The number of rotatable bonds is 0. The van der Waals surface area contributed by atoms with E-state index in [2.05, 4.69) is 4.98 Å². The monoisotopic (exact) mass is 203 g/mol. The third-order valence-corrected chi connectivity index (χ3v) is 2.39. The van der Waals surface area contributed by atoms with Crippen molar-refractivity contribution in [1.29, 1.82) is 0 Å². The Morgan fingerprint density at radius 2 is 1.79 bits per heavy atom. The van der Waals surface area contributed by atoms with Gasteiger partial charge in [-0.2, -0.15) is 4.98 Å². The molecule has 0 N–H and O–H groups in total. The number of hydrogen-bond acceptors (Lipinski definition) is 2. The summed E-state index contributed by atoms with van der Waals surface area (Å²) in [5, 5.41) is 2.47. The first-order valence-electron chi connectivity index (χ1n) is 4.28. The van der Waals surface area contributed by atoms with E-state index in [1.807, 2.05) is 36.4 Å². The van der Waals surface area contributed by atoms with Crippen LogP contribution in [-0.2, 0) is 0 Å². The summed E-state index contributed by atoms with van der Waals surface area (Å²) in [5.74, 6) is 0. The summed E-state index contributed by atoms with van der Waals surface area (Å²) in [4.78, 5) is 4.06. The number of oxazole rings is 1. The molecule has 1 heterocycles. The molecule has 0 fully saturated rings. The lowest BCUT2D eigenvalue weighted by Gasteiger charge is -1.94. The Kier molecular flexibility index (Phi) is 1.52. The molecule has 14 heavy (non-hydrogen) atoms. The highest BCUT2D eigenvalue weighted by Crippen LogP contribution is 2.24. The molecule has 0 aliphatic heterocycles. The van der Waals surface area contributed by atoms with Gasteiger partial charge < -0.3 is 4.42 Å². The van der Waals surface area contributed by atoms with Gasteiger partial charge in [-0.15, -0.1) is 0 Å². The van der Waals surface area contributed by atoms with Crippen LogP contribution in [0.25, 0.3) is 21.9 Å². The van der Waals surface area contributed by atoms with Gasteiger partial charge in [0.1, 0.15) is 5.52 Å². The zero-order valence-corrected chi connectivity index (χ0v) is 7.95. The standard InChI is InChI=1S/C11H6ClNO/c12-11-13-9-5-7-3-1-2-4-8(7)6-10(9)14-11/h1-6H. The molecule has 2 aromatic carbocycles.